The van der Waals surface area contributed by atoms with E-state index in [2.05, 4.69) is 16.0 Å². The highest BCUT2D eigenvalue weighted by molar-refractivity contribution is 7.92. The van der Waals surface area contributed by atoms with Gasteiger partial charge in [0.2, 0.25) is 5.91 Å². The van der Waals surface area contributed by atoms with E-state index in [1.54, 1.807) is 12.1 Å². The maximum absolute atomic E-state index is 13.4. The van der Waals surface area contributed by atoms with Gasteiger partial charge in [0, 0.05) is 12.6 Å². The van der Waals surface area contributed by atoms with Gasteiger partial charge < -0.3 is 16.0 Å². The summed E-state index contributed by atoms with van der Waals surface area (Å²) in [5.74, 6) is 1.88. The highest BCUT2D eigenvalue weighted by atomic mass is 32.2. The number of carbonyl (C=O) groups excluding carboxylic acids is 1. The molecule has 2 aliphatic heterocycles. The van der Waals surface area contributed by atoms with Crippen LogP contribution in [0.25, 0.3) is 0 Å². The predicted molar refractivity (Wildman–Crippen MR) is 134 cm³/mol. The molecule has 2 aliphatic carbocycles. The Bertz CT molecular complexity index is 928. The van der Waals surface area contributed by atoms with Gasteiger partial charge in [-0.1, -0.05) is 57.1 Å². The van der Waals surface area contributed by atoms with Crippen LogP contribution in [-0.2, 0) is 21.2 Å². The highest BCUT2D eigenvalue weighted by Gasteiger charge is 2.38. The maximum Gasteiger partial charge on any atom is 0.237 e. The molecule has 5 unspecified atom stereocenters. The average molecular weight is 488 g/mol. The molecule has 0 radical (unpaired) electrons. The molecule has 1 aromatic rings. The molecule has 4 aliphatic rings. The van der Waals surface area contributed by atoms with Crippen LogP contribution in [-0.4, -0.2) is 44.7 Å². The van der Waals surface area contributed by atoms with Crippen molar-refractivity contribution < 1.29 is 13.2 Å². The largest absolute Gasteiger partial charge is 0.351 e. The standard InChI is InChI=1S/C27H41N3O3S/c31-27(26-16-22-18-28-14-13-25(22)30-26)29-17-19-9-11-23(12-10-19)34(32,33)24-8-4-7-21(15-24)20-5-2-1-3-6-20/h9-12,20-22,24-26,28,30H,1-8,13-18H2,(H,29,31). The monoisotopic (exact) mass is 487 g/mol. The van der Waals surface area contributed by atoms with Crippen molar-refractivity contribution in [1.82, 2.24) is 16.0 Å². The van der Waals surface area contributed by atoms with Gasteiger partial charge in [0.25, 0.3) is 0 Å². The topological polar surface area (TPSA) is 87.3 Å². The molecule has 4 fully saturated rings. The van der Waals surface area contributed by atoms with Crippen molar-refractivity contribution in [3.05, 3.63) is 29.8 Å². The molecule has 2 saturated carbocycles. The fraction of sp³-hybridized carbons (Fsp3) is 0.741. The molecule has 0 aromatic heterocycles. The fourth-order valence-corrected chi connectivity index (χ4v) is 8.88. The van der Waals surface area contributed by atoms with E-state index in [-0.39, 0.29) is 17.2 Å². The Morgan fingerprint density at radius 2 is 1.65 bits per heavy atom. The van der Waals surface area contributed by atoms with Gasteiger partial charge in [0.05, 0.1) is 16.2 Å². The molecule has 1 aromatic carbocycles. The number of benzene rings is 1. The third kappa shape index (κ3) is 5.36. The smallest absolute Gasteiger partial charge is 0.237 e. The molecule has 5 atom stereocenters. The van der Waals surface area contributed by atoms with Crippen LogP contribution in [0, 0.1) is 17.8 Å². The van der Waals surface area contributed by atoms with E-state index >= 15 is 0 Å². The van der Waals surface area contributed by atoms with E-state index in [1.807, 2.05) is 12.1 Å². The Hall–Kier alpha value is -1.44. The SMILES string of the molecule is O=C(NCc1ccc(S(=O)(=O)C2CCCC(C3CCCCC3)C2)cc1)C1CC2CNCCC2N1. The molecule has 34 heavy (non-hydrogen) atoms. The second kappa shape index (κ2) is 10.7. The molecule has 5 rings (SSSR count). The summed E-state index contributed by atoms with van der Waals surface area (Å²) in [4.78, 5) is 13.1. The van der Waals surface area contributed by atoms with Gasteiger partial charge in [-0.25, -0.2) is 8.42 Å². The van der Waals surface area contributed by atoms with Crippen molar-refractivity contribution in [2.75, 3.05) is 13.1 Å². The van der Waals surface area contributed by atoms with Crippen LogP contribution in [0.4, 0.5) is 0 Å². The zero-order valence-corrected chi connectivity index (χ0v) is 21.1. The van der Waals surface area contributed by atoms with Gasteiger partial charge in [-0.05, 0) is 74.2 Å². The number of sulfone groups is 1. The van der Waals surface area contributed by atoms with Crippen LogP contribution in [0.5, 0.6) is 0 Å². The Labute approximate surface area is 205 Å². The van der Waals surface area contributed by atoms with Gasteiger partial charge >= 0.3 is 0 Å². The van der Waals surface area contributed by atoms with Crippen molar-refractivity contribution >= 4 is 15.7 Å². The minimum atomic E-state index is -3.31. The van der Waals surface area contributed by atoms with Crippen LogP contribution in [0.3, 0.4) is 0 Å². The zero-order valence-electron chi connectivity index (χ0n) is 20.3. The number of rotatable bonds is 6. The van der Waals surface area contributed by atoms with Gasteiger partial charge in [-0.15, -0.1) is 0 Å². The fourth-order valence-electron chi connectivity index (χ4n) is 7.00. The van der Waals surface area contributed by atoms with Crippen LogP contribution >= 0.6 is 0 Å². The summed E-state index contributed by atoms with van der Waals surface area (Å²) in [5, 5.41) is 9.70. The van der Waals surface area contributed by atoms with Gasteiger partial charge in [0.15, 0.2) is 9.84 Å². The molecule has 1 amide bonds. The lowest BCUT2D eigenvalue weighted by Gasteiger charge is -2.36. The van der Waals surface area contributed by atoms with Crippen molar-refractivity contribution in [3.63, 3.8) is 0 Å². The molecule has 6 nitrogen and oxygen atoms in total. The molecule has 0 spiro atoms. The van der Waals surface area contributed by atoms with E-state index in [1.165, 1.54) is 38.5 Å². The van der Waals surface area contributed by atoms with Crippen molar-refractivity contribution in [1.29, 1.82) is 0 Å². The summed E-state index contributed by atoms with van der Waals surface area (Å²) in [6, 6.07) is 7.53. The molecule has 0 bridgehead atoms. The number of hydrogen-bond donors (Lipinski definition) is 3. The van der Waals surface area contributed by atoms with Crippen LogP contribution in [0.2, 0.25) is 0 Å². The molecule has 3 N–H and O–H groups in total. The summed E-state index contributed by atoms with van der Waals surface area (Å²) in [6.45, 7) is 2.43. The van der Waals surface area contributed by atoms with E-state index in [4.69, 9.17) is 0 Å². The minimum Gasteiger partial charge on any atom is -0.351 e. The molecule has 7 heteroatoms. The second-order valence-electron chi connectivity index (χ2n) is 11.2. The first-order valence-corrected chi connectivity index (χ1v) is 15.1. The first kappa shape index (κ1) is 24.3. The number of nitrogens with one attached hydrogen (secondary N) is 3. The molecule has 2 heterocycles. The predicted octanol–water partition coefficient (Wildman–Crippen LogP) is 3.56. The number of amides is 1. The molecule has 188 valence electrons. The highest BCUT2D eigenvalue weighted by Crippen LogP contribution is 2.41. The van der Waals surface area contributed by atoms with Crippen molar-refractivity contribution in [3.8, 4) is 0 Å². The zero-order chi connectivity index (χ0) is 23.5. The third-order valence-corrected chi connectivity index (χ3v) is 11.3. The maximum atomic E-state index is 13.4. The quantitative estimate of drug-likeness (QED) is 0.571. The normalized spacial score (nSPS) is 32.8. The van der Waals surface area contributed by atoms with E-state index in [9.17, 15) is 13.2 Å². The summed E-state index contributed by atoms with van der Waals surface area (Å²) < 4.78 is 26.8. The van der Waals surface area contributed by atoms with Crippen molar-refractivity contribution in [2.45, 2.75) is 99.4 Å². The summed E-state index contributed by atoms with van der Waals surface area (Å²) in [5.41, 5.74) is 0.938. The van der Waals surface area contributed by atoms with Crippen molar-refractivity contribution in [2.24, 2.45) is 17.8 Å². The number of fused-ring (bicyclic) bond motifs is 1. The summed E-state index contributed by atoms with van der Waals surface area (Å²) >= 11 is 0. The lowest BCUT2D eigenvalue weighted by molar-refractivity contribution is -0.123. The second-order valence-corrected chi connectivity index (χ2v) is 13.4. The lowest BCUT2D eigenvalue weighted by Crippen LogP contribution is -2.45. The van der Waals surface area contributed by atoms with E-state index in [0.717, 1.165) is 56.7 Å². The number of piperidine rings is 1. The van der Waals surface area contributed by atoms with Gasteiger partial charge in [0.1, 0.15) is 0 Å². The summed E-state index contributed by atoms with van der Waals surface area (Å²) in [6.07, 6.45) is 12.3. The molecular weight excluding hydrogens is 446 g/mol. The molecular formula is C27H41N3O3S. The first-order chi connectivity index (χ1) is 16.5. The van der Waals surface area contributed by atoms with Crippen LogP contribution < -0.4 is 16.0 Å². The third-order valence-electron chi connectivity index (χ3n) is 9.02. The number of hydrogen-bond acceptors (Lipinski definition) is 5. The minimum absolute atomic E-state index is 0.0436. The Morgan fingerprint density at radius 3 is 2.41 bits per heavy atom. The van der Waals surface area contributed by atoms with Gasteiger partial charge in [-0.3, -0.25) is 4.79 Å². The van der Waals surface area contributed by atoms with Gasteiger partial charge in [-0.2, -0.15) is 0 Å². The lowest BCUT2D eigenvalue weighted by atomic mass is 9.73. The molecule has 2 saturated heterocycles. The first-order valence-electron chi connectivity index (χ1n) is 13.6. The Balaban J connectivity index is 1.15. The average Bonchev–Trinajstić information content (AvgIpc) is 3.33. The Morgan fingerprint density at radius 1 is 0.882 bits per heavy atom. The van der Waals surface area contributed by atoms with E-state index in [0.29, 0.717) is 29.3 Å². The van der Waals surface area contributed by atoms with Crippen LogP contribution in [0.15, 0.2) is 29.2 Å². The Kier molecular flexibility index (Phi) is 7.61. The number of carbonyl (C=O) groups is 1. The van der Waals surface area contributed by atoms with E-state index < -0.39 is 9.84 Å². The van der Waals surface area contributed by atoms with Crippen LogP contribution in [0.1, 0.15) is 76.2 Å². The summed E-state index contributed by atoms with van der Waals surface area (Å²) in [7, 11) is -3.31.